The molecule has 0 aliphatic carbocycles. The number of alkyl halides is 1. The number of rotatable bonds is 4. The molecule has 0 fully saturated rings. The molecule has 0 saturated carbocycles. The molecule has 3 heteroatoms. The normalized spacial score (nSPS) is 10.4. The number of carbonyl (C=O) groups is 1. The number of amides is 1. The third-order valence-corrected chi connectivity index (χ3v) is 2.45. The number of halogens is 1. The van der Waals surface area contributed by atoms with Gasteiger partial charge in [-0.1, -0.05) is 38.1 Å². The van der Waals surface area contributed by atoms with Crippen molar-refractivity contribution < 1.29 is 4.79 Å². The quantitative estimate of drug-likeness (QED) is 0.785. The van der Waals surface area contributed by atoms with Gasteiger partial charge in [0.05, 0.1) is 0 Å². The lowest BCUT2D eigenvalue weighted by Gasteiger charge is -2.08. The molecular weight excluding hydrogens is 210 g/mol. The Morgan fingerprint density at radius 3 is 2.67 bits per heavy atom. The molecule has 1 N–H and O–H groups in total. The van der Waals surface area contributed by atoms with Gasteiger partial charge in [-0.25, -0.2) is 0 Å². The van der Waals surface area contributed by atoms with Crippen molar-refractivity contribution in [2.75, 3.05) is 0 Å². The molecule has 0 heterocycles. The van der Waals surface area contributed by atoms with Crippen molar-refractivity contribution in [1.29, 1.82) is 0 Å². The zero-order valence-corrected chi connectivity index (χ0v) is 9.84. The Bertz CT molecular complexity index is 336. The monoisotopic (exact) mass is 225 g/mol. The van der Waals surface area contributed by atoms with Crippen molar-refractivity contribution in [1.82, 2.24) is 5.32 Å². The molecule has 1 amide bonds. The Morgan fingerprint density at radius 2 is 2.07 bits per heavy atom. The summed E-state index contributed by atoms with van der Waals surface area (Å²) in [6, 6.07) is 7.92. The molecule has 1 rings (SSSR count). The minimum atomic E-state index is 0.0289. The molecule has 0 spiro atoms. The maximum Gasteiger partial charge on any atom is 0.222 e. The molecule has 0 atom stereocenters. The predicted octanol–water partition coefficient (Wildman–Crippen LogP) is 2.70. The van der Waals surface area contributed by atoms with Gasteiger partial charge < -0.3 is 5.32 Å². The first-order valence-electron chi connectivity index (χ1n) is 5.05. The number of benzene rings is 1. The summed E-state index contributed by atoms with van der Waals surface area (Å²) in [5.74, 6) is 0.610. The number of hydrogen-bond acceptors (Lipinski definition) is 1. The highest BCUT2D eigenvalue weighted by atomic mass is 35.5. The van der Waals surface area contributed by atoms with Gasteiger partial charge in [0.15, 0.2) is 0 Å². The van der Waals surface area contributed by atoms with E-state index >= 15 is 0 Å². The molecule has 0 aromatic heterocycles. The van der Waals surface area contributed by atoms with Crippen molar-refractivity contribution in [3.8, 4) is 0 Å². The maximum atomic E-state index is 11.3. The average Bonchev–Trinajstić information content (AvgIpc) is 2.26. The van der Waals surface area contributed by atoms with Crippen molar-refractivity contribution in [2.24, 2.45) is 5.92 Å². The van der Waals surface area contributed by atoms with Crippen LogP contribution in [0, 0.1) is 5.92 Å². The highest BCUT2D eigenvalue weighted by molar-refractivity contribution is 6.17. The van der Waals surface area contributed by atoms with Gasteiger partial charge in [-0.15, -0.1) is 11.6 Å². The summed E-state index contributed by atoms with van der Waals surface area (Å²) < 4.78 is 0. The molecule has 1 aromatic carbocycles. The van der Waals surface area contributed by atoms with Crippen molar-refractivity contribution in [3.63, 3.8) is 0 Å². The Kier molecular flexibility index (Phi) is 4.63. The smallest absolute Gasteiger partial charge is 0.222 e. The van der Waals surface area contributed by atoms with Crippen LogP contribution in [0.4, 0.5) is 0 Å². The summed E-state index contributed by atoms with van der Waals surface area (Å²) in [6.45, 7) is 4.33. The minimum Gasteiger partial charge on any atom is -0.352 e. The summed E-state index contributed by atoms with van der Waals surface area (Å²) >= 11 is 5.72. The Morgan fingerprint density at radius 1 is 1.40 bits per heavy atom. The van der Waals surface area contributed by atoms with Gasteiger partial charge in [-0.3, -0.25) is 4.79 Å². The maximum absolute atomic E-state index is 11.3. The first-order chi connectivity index (χ1) is 7.13. The van der Waals surface area contributed by atoms with Gasteiger partial charge in [0.2, 0.25) is 5.91 Å². The average molecular weight is 226 g/mol. The van der Waals surface area contributed by atoms with E-state index in [0.717, 1.165) is 11.1 Å². The van der Waals surface area contributed by atoms with Crippen LogP contribution in [-0.2, 0) is 17.2 Å². The molecule has 2 nitrogen and oxygen atoms in total. The second-order valence-electron chi connectivity index (χ2n) is 3.83. The lowest BCUT2D eigenvalue weighted by Crippen LogP contribution is -2.27. The summed E-state index contributed by atoms with van der Waals surface area (Å²) in [5.41, 5.74) is 2.16. The molecule has 0 bridgehead atoms. The molecule has 82 valence electrons. The van der Waals surface area contributed by atoms with Gasteiger partial charge in [0.25, 0.3) is 0 Å². The lowest BCUT2D eigenvalue weighted by atomic mass is 10.1. The van der Waals surface area contributed by atoms with Crippen LogP contribution in [0.1, 0.15) is 25.0 Å². The van der Waals surface area contributed by atoms with E-state index in [2.05, 4.69) is 5.32 Å². The second-order valence-corrected chi connectivity index (χ2v) is 4.09. The van der Waals surface area contributed by atoms with Crippen LogP contribution in [0.5, 0.6) is 0 Å². The zero-order valence-electron chi connectivity index (χ0n) is 9.09. The third-order valence-electron chi connectivity index (χ3n) is 2.14. The molecule has 0 unspecified atom stereocenters. The molecule has 0 radical (unpaired) electrons. The topological polar surface area (TPSA) is 29.1 Å². The van der Waals surface area contributed by atoms with Crippen LogP contribution >= 0.6 is 11.6 Å². The van der Waals surface area contributed by atoms with E-state index in [1.807, 2.05) is 38.1 Å². The van der Waals surface area contributed by atoms with Gasteiger partial charge in [0.1, 0.15) is 0 Å². The Hall–Kier alpha value is -1.02. The van der Waals surface area contributed by atoms with Crippen LogP contribution < -0.4 is 5.32 Å². The van der Waals surface area contributed by atoms with Gasteiger partial charge in [0, 0.05) is 18.3 Å². The van der Waals surface area contributed by atoms with Crippen molar-refractivity contribution in [3.05, 3.63) is 35.4 Å². The summed E-state index contributed by atoms with van der Waals surface area (Å²) in [6.07, 6.45) is 0. The first-order valence-corrected chi connectivity index (χ1v) is 5.58. The number of hydrogen-bond donors (Lipinski definition) is 1. The SMILES string of the molecule is CC(C)C(=O)NCc1cccc(CCl)c1. The number of carbonyl (C=O) groups excluding carboxylic acids is 1. The van der Waals surface area contributed by atoms with E-state index in [-0.39, 0.29) is 11.8 Å². The molecule has 0 saturated heterocycles. The fourth-order valence-corrected chi connectivity index (χ4v) is 1.38. The van der Waals surface area contributed by atoms with Gasteiger partial charge in [-0.2, -0.15) is 0 Å². The summed E-state index contributed by atoms with van der Waals surface area (Å²) in [4.78, 5) is 11.3. The van der Waals surface area contributed by atoms with E-state index in [1.54, 1.807) is 0 Å². The minimum absolute atomic E-state index is 0.0289. The van der Waals surface area contributed by atoms with E-state index in [4.69, 9.17) is 11.6 Å². The Balaban J connectivity index is 2.54. The second kappa shape index (κ2) is 5.76. The largest absolute Gasteiger partial charge is 0.352 e. The van der Waals surface area contributed by atoms with Crippen LogP contribution in [0.25, 0.3) is 0 Å². The summed E-state index contributed by atoms with van der Waals surface area (Å²) in [5, 5.41) is 2.87. The van der Waals surface area contributed by atoms with Crippen LogP contribution in [-0.4, -0.2) is 5.91 Å². The summed E-state index contributed by atoms with van der Waals surface area (Å²) in [7, 11) is 0. The van der Waals surface area contributed by atoms with Crippen molar-refractivity contribution >= 4 is 17.5 Å². The van der Waals surface area contributed by atoms with Gasteiger partial charge in [-0.05, 0) is 11.1 Å². The highest BCUT2D eigenvalue weighted by Gasteiger charge is 2.05. The van der Waals surface area contributed by atoms with E-state index < -0.39 is 0 Å². The Labute approximate surface area is 95.6 Å². The van der Waals surface area contributed by atoms with E-state index in [0.29, 0.717) is 12.4 Å². The van der Waals surface area contributed by atoms with Gasteiger partial charge >= 0.3 is 0 Å². The van der Waals surface area contributed by atoms with E-state index in [9.17, 15) is 4.79 Å². The molecule has 15 heavy (non-hydrogen) atoms. The molecule has 0 aliphatic heterocycles. The fraction of sp³-hybridized carbons (Fsp3) is 0.417. The zero-order chi connectivity index (χ0) is 11.3. The van der Waals surface area contributed by atoms with Crippen LogP contribution in [0.2, 0.25) is 0 Å². The van der Waals surface area contributed by atoms with Crippen LogP contribution in [0.3, 0.4) is 0 Å². The predicted molar refractivity (Wildman–Crippen MR) is 62.7 cm³/mol. The molecule has 1 aromatic rings. The van der Waals surface area contributed by atoms with E-state index in [1.165, 1.54) is 0 Å². The third kappa shape index (κ3) is 3.92. The molecule has 0 aliphatic rings. The van der Waals surface area contributed by atoms with Crippen LogP contribution in [0.15, 0.2) is 24.3 Å². The number of nitrogens with one attached hydrogen (secondary N) is 1. The highest BCUT2D eigenvalue weighted by Crippen LogP contribution is 2.07. The fourth-order valence-electron chi connectivity index (χ4n) is 1.22. The lowest BCUT2D eigenvalue weighted by molar-refractivity contribution is -0.124. The standard InChI is InChI=1S/C12H16ClNO/c1-9(2)12(15)14-8-11-5-3-4-10(6-11)7-13/h3-6,9H,7-8H2,1-2H3,(H,14,15). The molecular formula is C12H16ClNO. The van der Waals surface area contributed by atoms with Crippen molar-refractivity contribution in [2.45, 2.75) is 26.3 Å². The first kappa shape index (κ1) is 12.1.